The molecular weight excluding hydrogens is 338 g/mol. The SMILES string of the molecule is Cc1ccc(/C=N/NC(=O)c2ccc(NC(=O)c3ccccc3)cc2)cc1. The molecular formula is C22H19N3O2. The molecule has 0 saturated heterocycles. The lowest BCUT2D eigenvalue weighted by Gasteiger charge is -2.06. The van der Waals surface area contributed by atoms with E-state index >= 15 is 0 Å². The molecule has 0 aliphatic heterocycles. The molecule has 0 heterocycles. The van der Waals surface area contributed by atoms with E-state index in [1.807, 2.05) is 37.3 Å². The molecule has 0 saturated carbocycles. The number of carbonyl (C=O) groups excluding carboxylic acids is 2. The molecule has 3 aromatic carbocycles. The summed E-state index contributed by atoms with van der Waals surface area (Å²) in [5.41, 5.74) is 6.20. The van der Waals surface area contributed by atoms with Crippen LogP contribution in [0.3, 0.4) is 0 Å². The van der Waals surface area contributed by atoms with Crippen LogP contribution in [-0.4, -0.2) is 18.0 Å². The highest BCUT2D eigenvalue weighted by Crippen LogP contribution is 2.11. The summed E-state index contributed by atoms with van der Waals surface area (Å²) in [6.07, 6.45) is 1.59. The van der Waals surface area contributed by atoms with Crippen LogP contribution in [-0.2, 0) is 0 Å². The largest absolute Gasteiger partial charge is 0.322 e. The summed E-state index contributed by atoms with van der Waals surface area (Å²) < 4.78 is 0. The average molecular weight is 357 g/mol. The van der Waals surface area contributed by atoms with Crippen molar-refractivity contribution in [2.75, 3.05) is 5.32 Å². The Labute approximate surface area is 157 Å². The smallest absolute Gasteiger partial charge is 0.271 e. The Morgan fingerprint density at radius 3 is 2.07 bits per heavy atom. The second-order valence-corrected chi connectivity index (χ2v) is 6.01. The van der Waals surface area contributed by atoms with Gasteiger partial charge in [0.2, 0.25) is 0 Å². The molecule has 0 unspecified atom stereocenters. The minimum absolute atomic E-state index is 0.199. The van der Waals surface area contributed by atoms with Crippen LogP contribution in [0.25, 0.3) is 0 Å². The fourth-order valence-electron chi connectivity index (χ4n) is 2.38. The van der Waals surface area contributed by atoms with E-state index in [0.717, 1.165) is 11.1 Å². The van der Waals surface area contributed by atoms with Crippen molar-refractivity contribution < 1.29 is 9.59 Å². The van der Waals surface area contributed by atoms with E-state index in [4.69, 9.17) is 0 Å². The van der Waals surface area contributed by atoms with Crippen LogP contribution < -0.4 is 10.7 Å². The van der Waals surface area contributed by atoms with Crippen LogP contribution in [0, 0.1) is 6.92 Å². The zero-order valence-electron chi connectivity index (χ0n) is 14.8. The Morgan fingerprint density at radius 1 is 0.778 bits per heavy atom. The maximum absolute atomic E-state index is 12.1. The fourth-order valence-corrected chi connectivity index (χ4v) is 2.38. The molecule has 2 N–H and O–H groups in total. The van der Waals surface area contributed by atoms with E-state index in [1.165, 1.54) is 0 Å². The molecule has 0 aromatic heterocycles. The number of hydrogen-bond acceptors (Lipinski definition) is 3. The number of anilines is 1. The van der Waals surface area contributed by atoms with Gasteiger partial charge in [-0.15, -0.1) is 0 Å². The quantitative estimate of drug-likeness (QED) is 0.535. The predicted octanol–water partition coefficient (Wildman–Crippen LogP) is 4.01. The lowest BCUT2D eigenvalue weighted by Crippen LogP contribution is -2.17. The van der Waals surface area contributed by atoms with Crippen molar-refractivity contribution in [3.8, 4) is 0 Å². The monoisotopic (exact) mass is 357 g/mol. The van der Waals surface area contributed by atoms with Crippen molar-refractivity contribution in [1.82, 2.24) is 5.43 Å². The summed E-state index contributed by atoms with van der Waals surface area (Å²) in [5, 5.41) is 6.76. The van der Waals surface area contributed by atoms with Gasteiger partial charge < -0.3 is 5.32 Å². The molecule has 0 fully saturated rings. The summed E-state index contributed by atoms with van der Waals surface area (Å²) in [6.45, 7) is 2.01. The summed E-state index contributed by atoms with van der Waals surface area (Å²) in [6, 6.07) is 23.4. The molecule has 2 amide bonds. The van der Waals surface area contributed by atoms with Crippen molar-refractivity contribution in [3.63, 3.8) is 0 Å². The van der Waals surface area contributed by atoms with Gasteiger partial charge in [-0.05, 0) is 48.9 Å². The summed E-state index contributed by atoms with van der Waals surface area (Å²) in [5.74, 6) is -0.519. The molecule has 0 radical (unpaired) electrons. The number of nitrogens with one attached hydrogen (secondary N) is 2. The second kappa shape index (κ2) is 8.58. The maximum atomic E-state index is 12.1. The normalized spacial score (nSPS) is 10.6. The third-order valence-corrected chi connectivity index (χ3v) is 3.90. The van der Waals surface area contributed by atoms with Crippen LogP contribution in [0.2, 0.25) is 0 Å². The molecule has 0 atom stereocenters. The molecule has 0 bridgehead atoms. The Morgan fingerprint density at radius 2 is 1.41 bits per heavy atom. The van der Waals surface area contributed by atoms with Gasteiger partial charge in [-0.2, -0.15) is 5.10 Å². The van der Waals surface area contributed by atoms with Crippen LogP contribution in [0.15, 0.2) is 84.0 Å². The van der Waals surface area contributed by atoms with Crippen LogP contribution in [0.1, 0.15) is 31.8 Å². The number of carbonyl (C=O) groups is 2. The van der Waals surface area contributed by atoms with E-state index in [9.17, 15) is 9.59 Å². The molecule has 0 aliphatic carbocycles. The topological polar surface area (TPSA) is 70.6 Å². The van der Waals surface area contributed by atoms with Gasteiger partial charge in [0.25, 0.3) is 11.8 Å². The van der Waals surface area contributed by atoms with Gasteiger partial charge in [0.15, 0.2) is 0 Å². The van der Waals surface area contributed by atoms with Gasteiger partial charge in [0.1, 0.15) is 0 Å². The summed E-state index contributed by atoms with van der Waals surface area (Å²) >= 11 is 0. The highest BCUT2D eigenvalue weighted by atomic mass is 16.2. The Kier molecular flexibility index (Phi) is 5.74. The predicted molar refractivity (Wildman–Crippen MR) is 107 cm³/mol. The first-order valence-corrected chi connectivity index (χ1v) is 8.48. The van der Waals surface area contributed by atoms with Gasteiger partial charge in [-0.1, -0.05) is 48.0 Å². The third-order valence-electron chi connectivity index (χ3n) is 3.90. The van der Waals surface area contributed by atoms with Gasteiger partial charge >= 0.3 is 0 Å². The summed E-state index contributed by atoms with van der Waals surface area (Å²) in [7, 11) is 0. The van der Waals surface area contributed by atoms with E-state index in [0.29, 0.717) is 16.8 Å². The molecule has 5 nitrogen and oxygen atoms in total. The standard InChI is InChI=1S/C22H19N3O2/c1-16-7-9-17(10-8-16)15-23-25-22(27)19-11-13-20(14-12-19)24-21(26)18-5-3-2-4-6-18/h2-15H,1H3,(H,24,26)(H,25,27)/b23-15+. The minimum atomic E-state index is -0.320. The molecule has 3 aromatic rings. The van der Waals surface area contributed by atoms with E-state index in [2.05, 4.69) is 15.8 Å². The number of nitrogens with zero attached hydrogens (tertiary/aromatic N) is 1. The van der Waals surface area contributed by atoms with Crippen molar-refractivity contribution in [1.29, 1.82) is 0 Å². The number of hydrazone groups is 1. The zero-order valence-corrected chi connectivity index (χ0v) is 14.8. The Hall–Kier alpha value is -3.73. The van der Waals surface area contributed by atoms with Gasteiger partial charge in [0.05, 0.1) is 6.21 Å². The molecule has 0 spiro atoms. The van der Waals surface area contributed by atoms with Crippen molar-refractivity contribution in [2.45, 2.75) is 6.92 Å². The second-order valence-electron chi connectivity index (χ2n) is 6.01. The molecule has 0 aliphatic rings. The highest BCUT2D eigenvalue weighted by Gasteiger charge is 2.07. The Balaban J connectivity index is 1.57. The highest BCUT2D eigenvalue weighted by molar-refractivity contribution is 6.04. The van der Waals surface area contributed by atoms with Crippen molar-refractivity contribution >= 4 is 23.7 Å². The van der Waals surface area contributed by atoms with Crippen LogP contribution >= 0.6 is 0 Å². The number of amides is 2. The first-order chi connectivity index (χ1) is 13.1. The molecule has 5 heteroatoms. The Bertz CT molecular complexity index is 947. The van der Waals surface area contributed by atoms with Gasteiger partial charge in [-0.3, -0.25) is 9.59 Å². The van der Waals surface area contributed by atoms with Gasteiger partial charge in [-0.25, -0.2) is 5.43 Å². The van der Waals surface area contributed by atoms with E-state index in [1.54, 1.807) is 54.7 Å². The van der Waals surface area contributed by atoms with Crippen molar-refractivity contribution in [3.05, 3.63) is 101 Å². The first kappa shape index (κ1) is 18.1. The number of rotatable bonds is 5. The van der Waals surface area contributed by atoms with E-state index < -0.39 is 0 Å². The fraction of sp³-hybridized carbons (Fsp3) is 0.0455. The number of hydrogen-bond donors (Lipinski definition) is 2. The van der Waals surface area contributed by atoms with E-state index in [-0.39, 0.29) is 11.8 Å². The van der Waals surface area contributed by atoms with Crippen molar-refractivity contribution in [2.24, 2.45) is 5.10 Å². The number of benzene rings is 3. The lowest BCUT2D eigenvalue weighted by molar-refractivity contribution is 0.0954. The molecule has 134 valence electrons. The minimum Gasteiger partial charge on any atom is -0.322 e. The third kappa shape index (κ3) is 5.12. The zero-order chi connectivity index (χ0) is 19.1. The van der Waals surface area contributed by atoms with Crippen LogP contribution in [0.5, 0.6) is 0 Å². The summed E-state index contributed by atoms with van der Waals surface area (Å²) in [4.78, 5) is 24.3. The maximum Gasteiger partial charge on any atom is 0.271 e. The lowest BCUT2D eigenvalue weighted by atomic mass is 10.1. The van der Waals surface area contributed by atoms with Crippen LogP contribution in [0.4, 0.5) is 5.69 Å². The van der Waals surface area contributed by atoms with Gasteiger partial charge in [0, 0.05) is 16.8 Å². The first-order valence-electron chi connectivity index (χ1n) is 8.48. The molecule has 3 rings (SSSR count). The number of aryl methyl sites for hydroxylation is 1. The molecule has 27 heavy (non-hydrogen) atoms. The average Bonchev–Trinajstić information content (AvgIpc) is 2.70.